The molecule has 4 rings (SSSR count). The molecule has 0 aliphatic heterocycles. The molecule has 0 radical (unpaired) electrons. The molecule has 3 aliphatic rings. The van der Waals surface area contributed by atoms with E-state index in [0.717, 1.165) is 49.1 Å². The molecule has 0 unspecified atom stereocenters. The van der Waals surface area contributed by atoms with E-state index in [1.807, 2.05) is 24.3 Å². The number of benzene rings is 1. The van der Waals surface area contributed by atoms with Crippen LogP contribution in [0.5, 0.6) is 0 Å². The average Bonchev–Trinajstić information content (AvgIpc) is 2.47. The summed E-state index contributed by atoms with van der Waals surface area (Å²) in [5.41, 5.74) is 7.23. The first-order chi connectivity index (χ1) is 9.51. The topological polar surface area (TPSA) is 55.1 Å². The van der Waals surface area contributed by atoms with Gasteiger partial charge in [0.25, 0.3) is 0 Å². The maximum atomic E-state index is 12.5. The maximum Gasteiger partial charge on any atom is 0.226 e. The number of halogens is 1. The van der Waals surface area contributed by atoms with Crippen molar-refractivity contribution in [1.29, 1.82) is 0 Å². The fourth-order valence-electron chi connectivity index (χ4n) is 3.53. The van der Waals surface area contributed by atoms with Crippen molar-refractivity contribution in [3.8, 4) is 0 Å². The molecule has 3 aliphatic carbocycles. The van der Waals surface area contributed by atoms with Crippen LogP contribution in [-0.2, 0) is 11.3 Å². The Kier molecular flexibility index (Phi) is 3.51. The molecule has 0 saturated heterocycles. The van der Waals surface area contributed by atoms with Crippen LogP contribution in [0.3, 0.4) is 0 Å². The van der Waals surface area contributed by atoms with E-state index in [-0.39, 0.29) is 16.9 Å². The number of nitrogens with two attached hydrogens (primary N) is 1. The summed E-state index contributed by atoms with van der Waals surface area (Å²) in [6.07, 6.45) is 5.78. The third-order valence-corrected chi connectivity index (χ3v) is 5.40. The second-order valence-corrected chi connectivity index (χ2v) is 6.89. The van der Waals surface area contributed by atoms with Crippen LogP contribution in [0.4, 0.5) is 0 Å². The van der Waals surface area contributed by atoms with Gasteiger partial charge in [-0.05, 0) is 56.2 Å². The summed E-state index contributed by atoms with van der Waals surface area (Å²) in [4.78, 5) is 12.5. The molecule has 0 atom stereocenters. The number of nitrogens with one attached hydrogen (secondary N) is 1. The normalized spacial score (nSPS) is 32.1. The van der Waals surface area contributed by atoms with E-state index in [1.165, 1.54) is 0 Å². The molecule has 3 saturated carbocycles. The van der Waals surface area contributed by atoms with Crippen LogP contribution < -0.4 is 11.1 Å². The van der Waals surface area contributed by atoms with Crippen LogP contribution in [0.1, 0.15) is 44.1 Å². The van der Waals surface area contributed by atoms with E-state index in [0.29, 0.717) is 6.54 Å². The van der Waals surface area contributed by atoms with Gasteiger partial charge in [-0.3, -0.25) is 4.79 Å². The molecule has 1 aromatic rings. The first-order valence-electron chi connectivity index (χ1n) is 7.33. The van der Waals surface area contributed by atoms with Crippen LogP contribution >= 0.6 is 11.6 Å². The fourth-order valence-corrected chi connectivity index (χ4v) is 3.65. The molecular weight excluding hydrogens is 272 g/mol. The molecule has 0 spiro atoms. The van der Waals surface area contributed by atoms with Crippen molar-refractivity contribution in [1.82, 2.24) is 5.32 Å². The maximum absolute atomic E-state index is 12.5. The Morgan fingerprint density at radius 3 is 2.20 bits per heavy atom. The SMILES string of the molecule is NC12CCC(C(=O)NCc3ccc(Cl)cc3)(CC1)CC2. The Balaban J connectivity index is 1.61. The van der Waals surface area contributed by atoms with E-state index in [1.54, 1.807) is 0 Å². The third kappa shape index (κ3) is 2.57. The van der Waals surface area contributed by atoms with Crippen molar-refractivity contribution in [3.63, 3.8) is 0 Å². The highest BCUT2D eigenvalue weighted by molar-refractivity contribution is 6.30. The van der Waals surface area contributed by atoms with Gasteiger partial charge in [0.1, 0.15) is 0 Å². The van der Waals surface area contributed by atoms with Crippen molar-refractivity contribution in [2.24, 2.45) is 11.1 Å². The van der Waals surface area contributed by atoms with Crippen LogP contribution in [0, 0.1) is 5.41 Å². The van der Waals surface area contributed by atoms with Crippen LogP contribution in [-0.4, -0.2) is 11.4 Å². The van der Waals surface area contributed by atoms with E-state index in [9.17, 15) is 4.79 Å². The number of fused-ring (bicyclic) bond motifs is 3. The quantitative estimate of drug-likeness (QED) is 0.900. The molecule has 3 N–H and O–H groups in total. The lowest BCUT2D eigenvalue weighted by Crippen LogP contribution is -2.56. The number of carbonyl (C=O) groups excluding carboxylic acids is 1. The summed E-state index contributed by atoms with van der Waals surface area (Å²) >= 11 is 5.86. The molecule has 0 heterocycles. The van der Waals surface area contributed by atoms with Crippen LogP contribution in [0.15, 0.2) is 24.3 Å². The summed E-state index contributed by atoms with van der Waals surface area (Å²) in [6, 6.07) is 7.61. The number of amides is 1. The summed E-state index contributed by atoms with van der Waals surface area (Å²) in [5.74, 6) is 0.203. The van der Waals surface area contributed by atoms with Gasteiger partial charge < -0.3 is 11.1 Å². The number of hydrogen-bond donors (Lipinski definition) is 2. The minimum Gasteiger partial charge on any atom is -0.352 e. The van der Waals surface area contributed by atoms with E-state index >= 15 is 0 Å². The summed E-state index contributed by atoms with van der Waals surface area (Å²) in [6.45, 7) is 0.575. The lowest BCUT2D eigenvalue weighted by Gasteiger charge is -2.50. The van der Waals surface area contributed by atoms with Crippen molar-refractivity contribution in [2.45, 2.75) is 50.6 Å². The van der Waals surface area contributed by atoms with Crippen LogP contribution in [0.2, 0.25) is 5.02 Å². The molecular formula is C16H21ClN2O. The molecule has 2 bridgehead atoms. The van der Waals surface area contributed by atoms with Gasteiger partial charge in [-0.1, -0.05) is 23.7 Å². The average molecular weight is 293 g/mol. The monoisotopic (exact) mass is 292 g/mol. The Morgan fingerprint density at radius 1 is 1.10 bits per heavy atom. The van der Waals surface area contributed by atoms with Gasteiger partial charge in [-0.2, -0.15) is 0 Å². The number of hydrogen-bond acceptors (Lipinski definition) is 2. The lowest BCUT2D eigenvalue weighted by molar-refractivity contribution is -0.137. The highest BCUT2D eigenvalue weighted by Gasteiger charge is 2.50. The minimum absolute atomic E-state index is 0.0121. The fraction of sp³-hybridized carbons (Fsp3) is 0.562. The van der Waals surface area contributed by atoms with Gasteiger partial charge in [0.05, 0.1) is 0 Å². The van der Waals surface area contributed by atoms with Crippen molar-refractivity contribution >= 4 is 17.5 Å². The third-order valence-electron chi connectivity index (χ3n) is 5.15. The predicted molar refractivity (Wildman–Crippen MR) is 80.4 cm³/mol. The first-order valence-corrected chi connectivity index (χ1v) is 7.71. The van der Waals surface area contributed by atoms with Gasteiger partial charge in [0, 0.05) is 22.5 Å². The van der Waals surface area contributed by atoms with Crippen molar-refractivity contribution in [2.75, 3.05) is 0 Å². The van der Waals surface area contributed by atoms with Gasteiger partial charge in [0.2, 0.25) is 5.91 Å². The molecule has 108 valence electrons. The van der Waals surface area contributed by atoms with E-state index < -0.39 is 0 Å². The Hall–Kier alpha value is -1.06. The molecule has 4 heteroatoms. The first kappa shape index (κ1) is 13.9. The highest BCUT2D eigenvalue weighted by atomic mass is 35.5. The van der Waals surface area contributed by atoms with Crippen LogP contribution in [0.25, 0.3) is 0 Å². The largest absolute Gasteiger partial charge is 0.352 e. The predicted octanol–water partition coefficient (Wildman–Crippen LogP) is 3.01. The Bertz CT molecular complexity index is 487. The summed E-state index contributed by atoms with van der Waals surface area (Å²) in [7, 11) is 0. The second-order valence-electron chi connectivity index (χ2n) is 6.45. The smallest absolute Gasteiger partial charge is 0.226 e. The standard InChI is InChI=1S/C16H21ClN2O/c17-13-3-1-12(2-4-13)11-19-14(20)15-5-8-16(18,9-6-15)10-7-15/h1-4H,5-11,18H2,(H,19,20). The molecule has 3 fully saturated rings. The summed E-state index contributed by atoms with van der Waals surface area (Å²) in [5, 5.41) is 3.81. The zero-order valence-electron chi connectivity index (χ0n) is 11.6. The minimum atomic E-state index is -0.159. The van der Waals surface area contributed by atoms with Gasteiger partial charge in [0.15, 0.2) is 0 Å². The van der Waals surface area contributed by atoms with Crippen molar-refractivity contribution in [3.05, 3.63) is 34.9 Å². The van der Waals surface area contributed by atoms with Crippen molar-refractivity contribution < 1.29 is 4.79 Å². The second kappa shape index (κ2) is 5.05. The molecule has 0 aromatic heterocycles. The van der Waals surface area contributed by atoms with E-state index in [2.05, 4.69) is 5.32 Å². The Morgan fingerprint density at radius 2 is 1.65 bits per heavy atom. The molecule has 1 amide bonds. The molecule has 1 aromatic carbocycles. The zero-order valence-corrected chi connectivity index (χ0v) is 12.4. The highest BCUT2D eigenvalue weighted by Crippen LogP contribution is 2.51. The molecule has 3 nitrogen and oxygen atoms in total. The molecule has 20 heavy (non-hydrogen) atoms. The zero-order chi connectivity index (χ0) is 14.2. The van der Waals surface area contributed by atoms with Gasteiger partial charge >= 0.3 is 0 Å². The lowest BCUT2D eigenvalue weighted by atomic mass is 9.57. The Labute approximate surface area is 124 Å². The van der Waals surface area contributed by atoms with Gasteiger partial charge in [-0.25, -0.2) is 0 Å². The number of carbonyl (C=O) groups is 1. The summed E-state index contributed by atoms with van der Waals surface area (Å²) < 4.78 is 0. The van der Waals surface area contributed by atoms with Gasteiger partial charge in [-0.15, -0.1) is 0 Å². The van der Waals surface area contributed by atoms with E-state index in [4.69, 9.17) is 17.3 Å². The number of rotatable bonds is 3.